The Labute approximate surface area is 226 Å². The van der Waals surface area contributed by atoms with Crippen molar-refractivity contribution < 1.29 is 14.9 Å². The first-order valence-electron chi connectivity index (χ1n) is 12.7. The zero-order valence-corrected chi connectivity index (χ0v) is 23.5. The van der Waals surface area contributed by atoms with Crippen molar-refractivity contribution >= 4 is 19.8 Å². The molecule has 2 N–H and O–H groups in total. The second-order valence-corrected chi connectivity index (χ2v) is 17.4. The van der Waals surface area contributed by atoms with Crippen LogP contribution in [0, 0.1) is 0 Å². The Kier molecular flexibility index (Phi) is 9.06. The van der Waals surface area contributed by atoms with Gasteiger partial charge in [-0.05, 0) is 28.8 Å². The molecule has 0 saturated heterocycles. The molecule has 5 heteroatoms. The smallest absolute Gasteiger partial charge is 0.143 e. The van der Waals surface area contributed by atoms with Gasteiger partial charge in [-0.1, -0.05) is 129 Å². The summed E-state index contributed by atoms with van der Waals surface area (Å²) in [5.74, 6) is 0. The summed E-state index contributed by atoms with van der Waals surface area (Å²) >= 11 is 1.65. The summed E-state index contributed by atoms with van der Waals surface area (Å²) in [6, 6.07) is 40.4. The van der Waals surface area contributed by atoms with Gasteiger partial charge in [-0.2, -0.15) is 0 Å². The molecule has 3 atom stereocenters. The van der Waals surface area contributed by atoms with Gasteiger partial charge in [-0.25, -0.2) is 0 Å². The van der Waals surface area contributed by atoms with Crippen LogP contribution in [0.5, 0.6) is 0 Å². The minimum atomic E-state index is -1.86. The molecule has 3 nitrogen and oxygen atoms in total. The molecule has 0 aliphatic carbocycles. The fraction of sp³-hybridized carbons (Fsp3) is 0.250. The standard InChI is InChI=1S/C32H36O3SSi/c1-37(2,3)31(36-28-22-14-7-15-23-28)30(34)29(33)24-35-32(25-16-8-4-9-17-25,26-18-10-5-11-19-26)27-20-12-6-13-21-27/h4-23,29-31,33-34H,24H2,1-3H3/t29-,30-,31+/m0/s1. The number of thioether (sulfide) groups is 1. The second-order valence-electron chi connectivity index (χ2n) is 10.4. The largest absolute Gasteiger partial charge is 0.389 e. The van der Waals surface area contributed by atoms with E-state index in [2.05, 4.69) is 68.2 Å². The second kappa shape index (κ2) is 12.2. The average Bonchev–Trinajstić information content (AvgIpc) is 2.93. The highest BCUT2D eigenvalue weighted by Crippen LogP contribution is 2.41. The van der Waals surface area contributed by atoms with E-state index in [0.29, 0.717) is 0 Å². The SMILES string of the molecule is C[Si](C)(C)[C@@H](Sc1ccccc1)[C@@H](O)[C@@H](O)COC(c1ccccc1)(c1ccccc1)c1ccccc1. The van der Waals surface area contributed by atoms with Crippen LogP contribution >= 0.6 is 11.8 Å². The van der Waals surface area contributed by atoms with Crippen molar-refractivity contribution in [3.63, 3.8) is 0 Å². The zero-order chi connectivity index (χ0) is 26.3. The molecule has 0 aliphatic heterocycles. The first-order chi connectivity index (χ1) is 17.8. The third-order valence-electron chi connectivity index (χ3n) is 6.58. The number of aliphatic hydroxyl groups excluding tert-OH is 2. The average molecular weight is 529 g/mol. The molecule has 0 fully saturated rings. The van der Waals surface area contributed by atoms with Crippen LogP contribution in [0.15, 0.2) is 126 Å². The molecule has 4 aromatic carbocycles. The molecule has 0 heterocycles. The Morgan fingerprint density at radius 1 is 0.649 bits per heavy atom. The van der Waals surface area contributed by atoms with Gasteiger partial charge in [-0.15, -0.1) is 11.8 Å². The van der Waals surface area contributed by atoms with E-state index < -0.39 is 25.9 Å². The number of rotatable bonds is 11. The van der Waals surface area contributed by atoms with Gasteiger partial charge in [0, 0.05) is 9.77 Å². The molecule has 0 saturated carbocycles. The Balaban J connectivity index is 1.68. The Morgan fingerprint density at radius 3 is 1.41 bits per heavy atom. The zero-order valence-electron chi connectivity index (χ0n) is 21.7. The topological polar surface area (TPSA) is 49.7 Å². The minimum Gasteiger partial charge on any atom is -0.389 e. The van der Waals surface area contributed by atoms with Crippen molar-refractivity contribution in [3.8, 4) is 0 Å². The molecular formula is C32H36O3SSi. The molecule has 0 unspecified atom stereocenters. The van der Waals surface area contributed by atoms with E-state index in [-0.39, 0.29) is 11.5 Å². The number of benzene rings is 4. The van der Waals surface area contributed by atoms with E-state index in [0.717, 1.165) is 21.6 Å². The molecule has 0 aromatic heterocycles. The van der Waals surface area contributed by atoms with E-state index in [9.17, 15) is 10.2 Å². The lowest BCUT2D eigenvalue weighted by Crippen LogP contribution is -2.51. The molecule has 0 radical (unpaired) electrons. The van der Waals surface area contributed by atoms with Gasteiger partial charge in [0.1, 0.15) is 11.7 Å². The summed E-state index contributed by atoms with van der Waals surface area (Å²) in [6.07, 6.45) is -1.99. The van der Waals surface area contributed by atoms with Crippen LogP contribution < -0.4 is 0 Å². The summed E-state index contributed by atoms with van der Waals surface area (Å²) in [5, 5.41) is 22.8. The third kappa shape index (κ3) is 6.43. The molecule has 4 aromatic rings. The number of hydrogen-bond donors (Lipinski definition) is 2. The van der Waals surface area contributed by atoms with E-state index in [4.69, 9.17) is 4.74 Å². The Morgan fingerprint density at radius 2 is 1.03 bits per heavy atom. The van der Waals surface area contributed by atoms with Gasteiger partial charge in [0.25, 0.3) is 0 Å². The molecule has 192 valence electrons. The van der Waals surface area contributed by atoms with Crippen LogP contribution in [0.25, 0.3) is 0 Å². The maximum absolute atomic E-state index is 11.5. The molecule has 37 heavy (non-hydrogen) atoms. The highest BCUT2D eigenvalue weighted by molar-refractivity contribution is 8.01. The summed E-state index contributed by atoms with van der Waals surface area (Å²) in [4.78, 5) is 0.988. The van der Waals surface area contributed by atoms with Crippen molar-refractivity contribution in [3.05, 3.63) is 138 Å². The van der Waals surface area contributed by atoms with Crippen molar-refractivity contribution in [2.24, 2.45) is 0 Å². The van der Waals surface area contributed by atoms with E-state index in [1.165, 1.54) is 0 Å². The fourth-order valence-corrected chi connectivity index (χ4v) is 8.68. The highest BCUT2D eigenvalue weighted by Gasteiger charge is 2.41. The maximum Gasteiger partial charge on any atom is 0.143 e. The molecule has 0 amide bonds. The van der Waals surface area contributed by atoms with Crippen LogP contribution in [0.1, 0.15) is 16.7 Å². The third-order valence-corrected chi connectivity index (χ3v) is 12.2. The number of ether oxygens (including phenoxy) is 1. The quantitative estimate of drug-likeness (QED) is 0.128. The van der Waals surface area contributed by atoms with Gasteiger partial charge in [0.2, 0.25) is 0 Å². The molecular weight excluding hydrogens is 493 g/mol. The van der Waals surface area contributed by atoms with Crippen molar-refractivity contribution in [2.75, 3.05) is 6.61 Å². The number of aliphatic hydroxyl groups is 2. The maximum atomic E-state index is 11.5. The lowest BCUT2D eigenvalue weighted by Gasteiger charge is -2.39. The highest BCUT2D eigenvalue weighted by atomic mass is 32.2. The molecule has 0 spiro atoms. The Bertz CT molecular complexity index is 1120. The van der Waals surface area contributed by atoms with Gasteiger partial charge < -0.3 is 14.9 Å². The van der Waals surface area contributed by atoms with Crippen molar-refractivity contribution in [1.29, 1.82) is 0 Å². The van der Waals surface area contributed by atoms with Gasteiger partial charge in [-0.3, -0.25) is 0 Å². The molecule has 4 rings (SSSR count). The van der Waals surface area contributed by atoms with Crippen LogP contribution in [-0.2, 0) is 10.3 Å². The molecule has 0 bridgehead atoms. The molecule has 0 aliphatic rings. The van der Waals surface area contributed by atoms with Gasteiger partial charge >= 0.3 is 0 Å². The van der Waals surface area contributed by atoms with E-state index in [1.807, 2.05) is 72.8 Å². The number of hydrogen-bond acceptors (Lipinski definition) is 4. The van der Waals surface area contributed by atoms with Crippen molar-refractivity contribution in [1.82, 2.24) is 0 Å². The first-order valence-corrected chi connectivity index (χ1v) is 17.2. The minimum absolute atomic E-state index is 0.0177. The summed E-state index contributed by atoms with van der Waals surface area (Å²) in [7, 11) is -1.86. The van der Waals surface area contributed by atoms with Gasteiger partial charge in [0.15, 0.2) is 0 Å². The van der Waals surface area contributed by atoms with Crippen LogP contribution in [0.4, 0.5) is 0 Å². The van der Waals surface area contributed by atoms with E-state index >= 15 is 0 Å². The van der Waals surface area contributed by atoms with Crippen molar-refractivity contribution in [2.45, 2.75) is 47.2 Å². The monoisotopic (exact) mass is 528 g/mol. The predicted octanol–water partition coefficient (Wildman–Crippen LogP) is 6.76. The predicted molar refractivity (Wildman–Crippen MR) is 157 cm³/mol. The van der Waals surface area contributed by atoms with Crippen LogP contribution in [-0.4, -0.2) is 42.0 Å². The van der Waals surface area contributed by atoms with E-state index in [1.54, 1.807) is 11.8 Å². The summed E-state index contributed by atoms with van der Waals surface area (Å²) in [6.45, 7) is 6.67. The normalized spacial score (nSPS) is 14.6. The first kappa shape index (κ1) is 27.4. The summed E-state index contributed by atoms with van der Waals surface area (Å²) in [5.41, 5.74) is 1.96. The lowest BCUT2D eigenvalue weighted by atomic mass is 9.80. The van der Waals surface area contributed by atoms with Crippen LogP contribution in [0.2, 0.25) is 19.6 Å². The van der Waals surface area contributed by atoms with Crippen LogP contribution in [0.3, 0.4) is 0 Å². The lowest BCUT2D eigenvalue weighted by molar-refractivity contribution is -0.0750. The fourth-order valence-electron chi connectivity index (χ4n) is 4.68. The van der Waals surface area contributed by atoms with Gasteiger partial charge in [0.05, 0.1) is 20.8 Å². The summed E-state index contributed by atoms with van der Waals surface area (Å²) < 4.78 is 6.78. The Hall–Kier alpha value is -2.67.